The highest BCUT2D eigenvalue weighted by Gasteiger charge is 2.51. The normalized spacial score (nSPS) is 40.2. The van der Waals surface area contributed by atoms with E-state index in [4.69, 9.17) is 4.74 Å². The molecule has 3 rings (SSSR count). The second-order valence-corrected chi connectivity index (χ2v) is 5.85. The van der Waals surface area contributed by atoms with Crippen LogP contribution in [0.2, 0.25) is 0 Å². The molecule has 3 heteroatoms. The van der Waals surface area contributed by atoms with Gasteiger partial charge >= 0.3 is 11.9 Å². The predicted octanol–water partition coefficient (Wildman–Crippen LogP) is 2.85. The second-order valence-electron chi connectivity index (χ2n) is 5.85. The summed E-state index contributed by atoms with van der Waals surface area (Å²) < 4.78 is 4.90. The number of rotatable bonds is 0. The Morgan fingerprint density at radius 1 is 0.778 bits per heavy atom. The largest absolute Gasteiger partial charge is 0.393 e. The van der Waals surface area contributed by atoms with Gasteiger partial charge in [0.1, 0.15) is 0 Å². The molecule has 18 heavy (non-hydrogen) atoms. The minimum absolute atomic E-state index is 0.189. The summed E-state index contributed by atoms with van der Waals surface area (Å²) >= 11 is 0. The number of allylic oxidation sites excluding steroid dienone is 2. The molecule has 0 aromatic carbocycles. The van der Waals surface area contributed by atoms with Gasteiger partial charge in [-0.15, -0.1) is 0 Å². The van der Waals surface area contributed by atoms with Crippen molar-refractivity contribution in [3.63, 3.8) is 0 Å². The molecule has 3 nitrogen and oxygen atoms in total. The van der Waals surface area contributed by atoms with E-state index in [0.717, 1.165) is 25.7 Å². The van der Waals surface area contributed by atoms with Crippen molar-refractivity contribution in [3.8, 4) is 0 Å². The first-order valence-corrected chi connectivity index (χ1v) is 7.21. The Morgan fingerprint density at radius 2 is 1.22 bits per heavy atom. The van der Waals surface area contributed by atoms with Gasteiger partial charge in [0.25, 0.3) is 0 Å². The van der Waals surface area contributed by atoms with Crippen molar-refractivity contribution >= 4 is 11.9 Å². The number of hydrogen-bond acceptors (Lipinski definition) is 3. The molecular weight excluding hydrogens is 228 g/mol. The van der Waals surface area contributed by atoms with E-state index in [2.05, 4.69) is 12.2 Å². The molecule has 0 radical (unpaired) electrons. The average Bonchev–Trinajstić information content (AvgIpc) is 2.64. The molecule has 0 aromatic heterocycles. The molecule has 1 aliphatic heterocycles. The van der Waals surface area contributed by atoms with Crippen LogP contribution in [0.4, 0.5) is 0 Å². The lowest BCUT2D eigenvalue weighted by Gasteiger charge is -2.30. The summed E-state index contributed by atoms with van der Waals surface area (Å²) in [5.41, 5.74) is 0. The van der Waals surface area contributed by atoms with Crippen molar-refractivity contribution in [2.24, 2.45) is 23.7 Å². The number of carbonyl (C=O) groups is 2. The highest BCUT2D eigenvalue weighted by molar-refractivity contribution is 5.97. The zero-order chi connectivity index (χ0) is 12.5. The summed E-state index contributed by atoms with van der Waals surface area (Å²) in [6, 6.07) is 0. The van der Waals surface area contributed by atoms with Crippen LogP contribution in [0.5, 0.6) is 0 Å². The molecule has 0 aromatic rings. The summed E-state index contributed by atoms with van der Waals surface area (Å²) in [6.07, 6.45) is 12.5. The lowest BCUT2D eigenvalue weighted by molar-refractivity contribution is -0.154. The van der Waals surface area contributed by atoms with Gasteiger partial charge in [0.2, 0.25) is 0 Å². The van der Waals surface area contributed by atoms with E-state index in [1.54, 1.807) is 0 Å². The molecule has 0 spiro atoms. The molecule has 2 aliphatic carbocycles. The number of carbonyl (C=O) groups excluding carboxylic acids is 2. The van der Waals surface area contributed by atoms with Crippen LogP contribution >= 0.6 is 0 Å². The van der Waals surface area contributed by atoms with E-state index in [0.29, 0.717) is 0 Å². The third-order valence-electron chi connectivity index (χ3n) is 4.74. The lowest BCUT2D eigenvalue weighted by Crippen LogP contribution is -2.33. The molecular formula is C15H20O3. The summed E-state index contributed by atoms with van der Waals surface area (Å²) in [4.78, 5) is 23.8. The molecule has 0 N–H and O–H groups in total. The SMILES string of the molecule is O=C1OC(=O)C2C3C=CC(CCCCCCC3)C12. The van der Waals surface area contributed by atoms with Crippen LogP contribution in [-0.4, -0.2) is 11.9 Å². The first kappa shape index (κ1) is 11.9. The molecule has 0 amide bonds. The van der Waals surface area contributed by atoms with Gasteiger partial charge in [-0.3, -0.25) is 9.59 Å². The van der Waals surface area contributed by atoms with Gasteiger partial charge < -0.3 is 4.74 Å². The van der Waals surface area contributed by atoms with Crippen LogP contribution in [0.25, 0.3) is 0 Å². The van der Waals surface area contributed by atoms with E-state index in [1.807, 2.05) is 0 Å². The number of hydrogen-bond donors (Lipinski definition) is 0. The molecule has 2 bridgehead atoms. The molecule has 4 atom stereocenters. The topological polar surface area (TPSA) is 43.4 Å². The Kier molecular flexibility index (Phi) is 3.23. The molecule has 98 valence electrons. The van der Waals surface area contributed by atoms with Crippen molar-refractivity contribution in [1.82, 2.24) is 0 Å². The predicted molar refractivity (Wildman–Crippen MR) is 66.5 cm³/mol. The number of esters is 2. The van der Waals surface area contributed by atoms with Gasteiger partial charge in [-0.25, -0.2) is 0 Å². The van der Waals surface area contributed by atoms with Crippen LogP contribution in [0.15, 0.2) is 12.2 Å². The second kappa shape index (κ2) is 4.87. The van der Waals surface area contributed by atoms with Gasteiger partial charge in [0.15, 0.2) is 0 Å². The molecule has 1 fully saturated rings. The molecule has 3 aliphatic rings. The Labute approximate surface area is 108 Å². The van der Waals surface area contributed by atoms with Crippen LogP contribution in [0, 0.1) is 23.7 Å². The third kappa shape index (κ3) is 2.00. The van der Waals surface area contributed by atoms with Crippen molar-refractivity contribution in [2.75, 3.05) is 0 Å². The smallest absolute Gasteiger partial charge is 0.318 e. The molecule has 1 heterocycles. The van der Waals surface area contributed by atoms with Crippen molar-refractivity contribution < 1.29 is 14.3 Å². The van der Waals surface area contributed by atoms with Crippen LogP contribution < -0.4 is 0 Å². The van der Waals surface area contributed by atoms with Gasteiger partial charge in [0.05, 0.1) is 11.8 Å². The van der Waals surface area contributed by atoms with E-state index < -0.39 is 0 Å². The highest BCUT2D eigenvalue weighted by atomic mass is 16.6. The molecule has 4 unspecified atom stereocenters. The summed E-state index contributed by atoms with van der Waals surface area (Å²) in [7, 11) is 0. The van der Waals surface area contributed by atoms with Crippen molar-refractivity contribution in [2.45, 2.75) is 44.9 Å². The third-order valence-corrected chi connectivity index (χ3v) is 4.74. The maximum absolute atomic E-state index is 11.9. The zero-order valence-corrected chi connectivity index (χ0v) is 10.6. The first-order valence-electron chi connectivity index (χ1n) is 7.21. The fraction of sp³-hybridized carbons (Fsp3) is 0.733. The monoisotopic (exact) mass is 248 g/mol. The summed E-state index contributed by atoms with van der Waals surface area (Å²) in [5, 5.41) is 0. The molecule has 1 saturated heterocycles. The summed E-state index contributed by atoms with van der Waals surface area (Å²) in [6.45, 7) is 0. The lowest BCUT2D eigenvalue weighted by atomic mass is 9.69. The van der Waals surface area contributed by atoms with Crippen LogP contribution in [-0.2, 0) is 14.3 Å². The van der Waals surface area contributed by atoms with Crippen LogP contribution in [0.1, 0.15) is 44.9 Å². The Balaban J connectivity index is 1.89. The van der Waals surface area contributed by atoms with Gasteiger partial charge in [-0.2, -0.15) is 0 Å². The van der Waals surface area contributed by atoms with Crippen molar-refractivity contribution in [1.29, 1.82) is 0 Å². The molecule has 0 saturated carbocycles. The highest BCUT2D eigenvalue weighted by Crippen LogP contribution is 2.44. The summed E-state index contributed by atoms with van der Waals surface area (Å²) in [5.74, 6) is -0.477. The van der Waals surface area contributed by atoms with Crippen molar-refractivity contribution in [3.05, 3.63) is 12.2 Å². The fourth-order valence-electron chi connectivity index (χ4n) is 3.78. The minimum atomic E-state index is -0.274. The Morgan fingerprint density at radius 3 is 1.72 bits per heavy atom. The number of fused-ring (bicyclic) bond motifs is 5. The number of ether oxygens (including phenoxy) is 1. The fourth-order valence-corrected chi connectivity index (χ4v) is 3.78. The van der Waals surface area contributed by atoms with Gasteiger partial charge in [-0.05, 0) is 24.7 Å². The Bertz CT molecular complexity index is 351. The van der Waals surface area contributed by atoms with E-state index in [9.17, 15) is 9.59 Å². The van der Waals surface area contributed by atoms with E-state index in [-0.39, 0.29) is 35.6 Å². The van der Waals surface area contributed by atoms with E-state index >= 15 is 0 Å². The maximum Gasteiger partial charge on any atom is 0.318 e. The number of cyclic esters (lactones) is 2. The quantitative estimate of drug-likeness (QED) is 0.376. The first-order chi connectivity index (χ1) is 8.77. The van der Waals surface area contributed by atoms with Gasteiger partial charge in [0, 0.05) is 0 Å². The van der Waals surface area contributed by atoms with Gasteiger partial charge in [-0.1, -0.05) is 44.3 Å². The Hall–Kier alpha value is -1.12. The zero-order valence-electron chi connectivity index (χ0n) is 10.6. The van der Waals surface area contributed by atoms with E-state index in [1.165, 1.54) is 19.3 Å². The standard InChI is InChI=1S/C15H20O3/c16-14-12-10-6-4-2-1-3-5-7-11(9-8-10)13(12)15(17)18-14/h8-13H,1-7H2. The van der Waals surface area contributed by atoms with Crippen LogP contribution in [0.3, 0.4) is 0 Å². The average molecular weight is 248 g/mol. The minimum Gasteiger partial charge on any atom is -0.393 e. The maximum atomic E-state index is 11.9.